The predicted octanol–water partition coefficient (Wildman–Crippen LogP) is 3.10. The first-order valence-corrected chi connectivity index (χ1v) is 13.1. The third-order valence-corrected chi connectivity index (χ3v) is 7.45. The number of thiazole rings is 1. The maximum absolute atomic E-state index is 12.0. The molecule has 3 aromatic heterocycles. The van der Waals surface area contributed by atoms with Gasteiger partial charge >= 0.3 is 0 Å². The zero-order chi connectivity index (χ0) is 23.0. The maximum Gasteiger partial charge on any atom is 0.175 e. The number of sulfone groups is 1. The highest BCUT2D eigenvalue weighted by Crippen LogP contribution is 2.35. The van der Waals surface area contributed by atoms with E-state index in [0.717, 1.165) is 27.6 Å². The van der Waals surface area contributed by atoms with E-state index in [1.807, 2.05) is 25.2 Å². The van der Waals surface area contributed by atoms with E-state index < -0.39 is 9.84 Å². The van der Waals surface area contributed by atoms with Gasteiger partial charge in [-0.25, -0.2) is 28.4 Å². The fourth-order valence-electron chi connectivity index (χ4n) is 3.59. The second-order valence-corrected chi connectivity index (χ2v) is 10.6. The molecule has 1 N–H and O–H groups in total. The quantitative estimate of drug-likeness (QED) is 0.459. The molecule has 1 saturated heterocycles. The van der Waals surface area contributed by atoms with Crippen LogP contribution in [0.25, 0.3) is 32.3 Å². The number of hydrogen-bond acceptors (Lipinski definition) is 10. The van der Waals surface area contributed by atoms with E-state index in [-0.39, 0.29) is 4.90 Å². The summed E-state index contributed by atoms with van der Waals surface area (Å²) < 4.78 is 29.6. The van der Waals surface area contributed by atoms with Crippen LogP contribution in [0.3, 0.4) is 0 Å². The van der Waals surface area contributed by atoms with Gasteiger partial charge in [0.05, 0.1) is 18.1 Å². The van der Waals surface area contributed by atoms with Gasteiger partial charge in [-0.1, -0.05) is 23.5 Å². The molecule has 4 aromatic rings. The molecule has 170 valence electrons. The van der Waals surface area contributed by atoms with Crippen molar-refractivity contribution in [1.29, 1.82) is 0 Å². The summed E-state index contributed by atoms with van der Waals surface area (Å²) in [6.07, 6.45) is 2.94. The third-order valence-electron chi connectivity index (χ3n) is 5.34. The number of fused-ring (bicyclic) bond motifs is 1. The summed E-state index contributed by atoms with van der Waals surface area (Å²) in [5.41, 5.74) is 2.24. The van der Waals surface area contributed by atoms with E-state index in [1.54, 1.807) is 24.4 Å². The maximum atomic E-state index is 12.0. The van der Waals surface area contributed by atoms with Gasteiger partial charge in [-0.15, -0.1) is 0 Å². The molecule has 9 nitrogen and oxygen atoms in total. The Kier molecular flexibility index (Phi) is 5.69. The molecule has 1 aliphatic rings. The van der Waals surface area contributed by atoms with Crippen LogP contribution in [-0.2, 0) is 14.6 Å². The lowest BCUT2D eigenvalue weighted by Crippen LogP contribution is -2.37. The number of morpholine rings is 1. The summed E-state index contributed by atoms with van der Waals surface area (Å²) in [4.78, 5) is 22.0. The van der Waals surface area contributed by atoms with Crippen molar-refractivity contribution < 1.29 is 13.2 Å². The topological polar surface area (TPSA) is 110 Å². The predicted molar refractivity (Wildman–Crippen MR) is 130 cm³/mol. The van der Waals surface area contributed by atoms with Crippen molar-refractivity contribution in [3.63, 3.8) is 0 Å². The molecule has 0 atom stereocenters. The van der Waals surface area contributed by atoms with Crippen LogP contribution in [0.2, 0.25) is 0 Å². The molecule has 0 unspecified atom stereocenters. The van der Waals surface area contributed by atoms with E-state index in [4.69, 9.17) is 19.7 Å². The molecule has 11 heteroatoms. The molecule has 0 radical (unpaired) electrons. The van der Waals surface area contributed by atoms with Gasteiger partial charge in [0.15, 0.2) is 21.5 Å². The van der Waals surface area contributed by atoms with Crippen LogP contribution in [0.1, 0.15) is 0 Å². The van der Waals surface area contributed by atoms with Crippen molar-refractivity contribution in [2.75, 3.05) is 49.8 Å². The molecular formula is C22H22N6O3S2. The minimum atomic E-state index is -3.32. The normalized spacial score (nSPS) is 14.5. The average molecular weight is 483 g/mol. The fourth-order valence-corrected chi connectivity index (χ4v) is 5.19. The van der Waals surface area contributed by atoms with E-state index in [0.29, 0.717) is 42.7 Å². The summed E-state index contributed by atoms with van der Waals surface area (Å²) in [7, 11) is -1.50. The van der Waals surface area contributed by atoms with Crippen LogP contribution in [0.5, 0.6) is 0 Å². The van der Waals surface area contributed by atoms with Gasteiger partial charge in [0.1, 0.15) is 21.2 Å². The van der Waals surface area contributed by atoms with E-state index in [9.17, 15) is 8.42 Å². The summed E-state index contributed by atoms with van der Waals surface area (Å²) >= 11 is 1.42. The minimum absolute atomic E-state index is 0.259. The number of benzene rings is 1. The molecule has 0 amide bonds. The van der Waals surface area contributed by atoms with Gasteiger partial charge in [-0.3, -0.25) is 0 Å². The van der Waals surface area contributed by atoms with Crippen LogP contribution in [0, 0.1) is 0 Å². The van der Waals surface area contributed by atoms with Crippen molar-refractivity contribution in [2.24, 2.45) is 0 Å². The Morgan fingerprint density at radius 1 is 1.06 bits per heavy atom. The molecule has 1 fully saturated rings. The van der Waals surface area contributed by atoms with Gasteiger partial charge in [0, 0.05) is 43.7 Å². The Morgan fingerprint density at radius 3 is 2.58 bits per heavy atom. The SMILES string of the molecule is CNc1ccc(-c2nc(N3CCOCC3)c3nc(-c4cccc(S(C)(=O)=O)c4)sc3n2)cn1. The molecule has 0 spiro atoms. The molecule has 1 aliphatic heterocycles. The molecule has 4 heterocycles. The van der Waals surface area contributed by atoms with Crippen LogP contribution >= 0.6 is 11.3 Å². The number of anilines is 2. The first kappa shape index (κ1) is 21.7. The standard InChI is InChI=1S/C22H22N6O3S2/c1-23-17-7-6-15(13-24-17)19-26-20(28-8-10-31-11-9-28)18-22(27-19)32-21(25-18)14-4-3-5-16(12-14)33(2,29)30/h3-7,12-13H,8-11H2,1-2H3,(H,23,24). The van der Waals surface area contributed by atoms with Crippen LogP contribution in [0.15, 0.2) is 47.5 Å². The highest BCUT2D eigenvalue weighted by Gasteiger charge is 2.22. The lowest BCUT2D eigenvalue weighted by molar-refractivity contribution is 0.122. The highest BCUT2D eigenvalue weighted by molar-refractivity contribution is 7.90. The van der Waals surface area contributed by atoms with E-state index >= 15 is 0 Å². The monoisotopic (exact) mass is 482 g/mol. The Morgan fingerprint density at radius 2 is 1.88 bits per heavy atom. The van der Waals surface area contributed by atoms with Crippen LogP contribution < -0.4 is 10.2 Å². The van der Waals surface area contributed by atoms with Crippen molar-refractivity contribution in [3.05, 3.63) is 42.6 Å². The molecule has 5 rings (SSSR count). The van der Waals surface area contributed by atoms with E-state index in [1.165, 1.54) is 17.6 Å². The first-order chi connectivity index (χ1) is 15.9. The van der Waals surface area contributed by atoms with Gasteiger partial charge in [0.25, 0.3) is 0 Å². The Balaban J connectivity index is 1.66. The van der Waals surface area contributed by atoms with Gasteiger partial charge in [-0.2, -0.15) is 0 Å². The number of hydrogen-bond donors (Lipinski definition) is 1. The number of aromatic nitrogens is 4. The molecule has 1 aromatic carbocycles. The van der Waals surface area contributed by atoms with Gasteiger partial charge < -0.3 is 15.0 Å². The average Bonchev–Trinajstić information content (AvgIpc) is 3.28. The number of rotatable bonds is 5. The smallest absolute Gasteiger partial charge is 0.175 e. The van der Waals surface area contributed by atoms with Crippen molar-refractivity contribution in [2.45, 2.75) is 4.90 Å². The Labute approximate surface area is 195 Å². The third kappa shape index (κ3) is 4.39. The number of nitrogens with one attached hydrogen (secondary N) is 1. The van der Waals surface area contributed by atoms with Crippen molar-refractivity contribution >= 4 is 43.2 Å². The highest BCUT2D eigenvalue weighted by atomic mass is 32.2. The molecular weight excluding hydrogens is 460 g/mol. The van der Waals surface area contributed by atoms with Gasteiger partial charge in [-0.05, 0) is 24.3 Å². The first-order valence-electron chi connectivity index (χ1n) is 10.4. The zero-order valence-corrected chi connectivity index (χ0v) is 19.8. The summed E-state index contributed by atoms with van der Waals surface area (Å²) in [5.74, 6) is 2.08. The lowest BCUT2D eigenvalue weighted by atomic mass is 10.2. The number of nitrogens with zero attached hydrogens (tertiary/aromatic N) is 5. The van der Waals surface area contributed by atoms with E-state index in [2.05, 4.69) is 15.2 Å². The summed E-state index contributed by atoms with van der Waals surface area (Å²) in [6.45, 7) is 2.65. The lowest BCUT2D eigenvalue weighted by Gasteiger charge is -2.28. The fraction of sp³-hybridized carbons (Fsp3) is 0.273. The summed E-state index contributed by atoms with van der Waals surface area (Å²) in [6, 6.07) is 10.6. The zero-order valence-electron chi connectivity index (χ0n) is 18.1. The summed E-state index contributed by atoms with van der Waals surface area (Å²) in [5, 5.41) is 3.70. The van der Waals surface area contributed by atoms with Crippen LogP contribution in [-0.4, -0.2) is 68.0 Å². The molecule has 0 aliphatic carbocycles. The van der Waals surface area contributed by atoms with Crippen LogP contribution in [0.4, 0.5) is 11.6 Å². The number of pyridine rings is 1. The minimum Gasteiger partial charge on any atom is -0.378 e. The second kappa shape index (κ2) is 8.65. The molecule has 0 saturated carbocycles. The van der Waals surface area contributed by atoms with Crippen molar-refractivity contribution in [3.8, 4) is 22.0 Å². The van der Waals surface area contributed by atoms with Crippen molar-refractivity contribution in [1.82, 2.24) is 19.9 Å². The molecule has 33 heavy (non-hydrogen) atoms. The van der Waals surface area contributed by atoms with Gasteiger partial charge in [0.2, 0.25) is 0 Å². The second-order valence-electron chi connectivity index (χ2n) is 7.63. The number of ether oxygens (including phenoxy) is 1. The Hall–Kier alpha value is -3.15. The Bertz CT molecular complexity index is 1410. The largest absolute Gasteiger partial charge is 0.378 e. The molecule has 0 bridgehead atoms.